The van der Waals surface area contributed by atoms with Gasteiger partial charge in [0, 0.05) is 44.9 Å². The lowest BCUT2D eigenvalue weighted by atomic mass is 10.2. The molecule has 1 aliphatic rings. The second-order valence-corrected chi connectivity index (χ2v) is 7.10. The number of phenols is 1. The number of benzene rings is 1. The molecule has 1 fully saturated rings. The zero-order valence-electron chi connectivity index (χ0n) is 15.7. The predicted molar refractivity (Wildman–Crippen MR) is 111 cm³/mol. The van der Waals surface area contributed by atoms with E-state index < -0.39 is 4.92 Å². The Balaban J connectivity index is 1.84. The third-order valence-electron chi connectivity index (χ3n) is 3.96. The van der Waals surface area contributed by atoms with Crippen molar-refractivity contribution < 1.29 is 14.8 Å². The number of aromatic hydroxyl groups is 1. The number of halogens is 1. The minimum atomic E-state index is -0.557. The van der Waals surface area contributed by atoms with Crippen molar-refractivity contribution in [3.05, 3.63) is 32.3 Å². The number of hydrogen-bond acceptors (Lipinski definition) is 11. The largest absolute Gasteiger partial charge is 0.506 e. The standard InChI is InChI=1S/C16H19BrN8O4/c1-23(2)15-19-14(20-16(21-15)24-3-5-29-6-4-24)22-18-9-10-7-11(25(27)28)8-12(17)13(10)26/h7-9,26H,3-6H2,1-2H3,(H,19,20,21,22)/b18-9-. The molecule has 0 atom stereocenters. The summed E-state index contributed by atoms with van der Waals surface area (Å²) >= 11 is 3.09. The first kappa shape index (κ1) is 20.7. The second kappa shape index (κ2) is 8.96. The average Bonchev–Trinajstić information content (AvgIpc) is 2.71. The van der Waals surface area contributed by atoms with E-state index in [1.165, 1.54) is 18.3 Å². The van der Waals surface area contributed by atoms with Crippen LogP contribution in [0, 0.1) is 10.1 Å². The number of nitro benzene ring substituents is 1. The summed E-state index contributed by atoms with van der Waals surface area (Å²) in [7, 11) is 3.62. The summed E-state index contributed by atoms with van der Waals surface area (Å²) in [5.41, 5.74) is 2.67. The normalized spacial score (nSPS) is 14.2. The van der Waals surface area contributed by atoms with Gasteiger partial charge in [0.05, 0.1) is 28.8 Å². The topological polar surface area (TPSA) is 142 Å². The van der Waals surface area contributed by atoms with Gasteiger partial charge in [0.15, 0.2) is 0 Å². The van der Waals surface area contributed by atoms with Crippen molar-refractivity contribution in [2.24, 2.45) is 5.10 Å². The minimum Gasteiger partial charge on any atom is -0.506 e. The summed E-state index contributed by atoms with van der Waals surface area (Å²) < 4.78 is 5.54. The summed E-state index contributed by atoms with van der Waals surface area (Å²) in [6, 6.07) is 2.42. The van der Waals surface area contributed by atoms with Crippen LogP contribution in [0.2, 0.25) is 0 Å². The molecule has 0 radical (unpaired) electrons. The summed E-state index contributed by atoms with van der Waals surface area (Å²) in [4.78, 5) is 27.3. The van der Waals surface area contributed by atoms with Crippen LogP contribution in [0.15, 0.2) is 21.7 Å². The minimum absolute atomic E-state index is 0.161. The Labute approximate surface area is 174 Å². The van der Waals surface area contributed by atoms with E-state index in [9.17, 15) is 15.2 Å². The van der Waals surface area contributed by atoms with Gasteiger partial charge in [0.25, 0.3) is 5.69 Å². The quantitative estimate of drug-likeness (QED) is 0.365. The molecule has 0 bridgehead atoms. The molecule has 0 amide bonds. The number of nitrogens with one attached hydrogen (secondary N) is 1. The van der Waals surface area contributed by atoms with Gasteiger partial charge in [0.2, 0.25) is 17.8 Å². The van der Waals surface area contributed by atoms with Gasteiger partial charge < -0.3 is 19.6 Å². The Morgan fingerprint density at radius 2 is 2.07 bits per heavy atom. The monoisotopic (exact) mass is 466 g/mol. The number of hydrazone groups is 1. The Bertz CT molecular complexity index is 933. The maximum absolute atomic E-state index is 11.0. The van der Waals surface area contributed by atoms with Gasteiger partial charge in [-0.1, -0.05) is 0 Å². The van der Waals surface area contributed by atoms with Crippen molar-refractivity contribution in [1.29, 1.82) is 0 Å². The Morgan fingerprint density at radius 3 is 2.72 bits per heavy atom. The molecule has 2 heterocycles. The molecule has 0 unspecified atom stereocenters. The van der Waals surface area contributed by atoms with Crippen molar-refractivity contribution in [3.63, 3.8) is 0 Å². The number of ether oxygens (including phenoxy) is 1. The average molecular weight is 467 g/mol. The van der Waals surface area contributed by atoms with Crippen LogP contribution in [0.1, 0.15) is 5.56 Å². The number of morpholine rings is 1. The number of rotatable bonds is 6. The van der Waals surface area contributed by atoms with E-state index in [4.69, 9.17) is 4.74 Å². The van der Waals surface area contributed by atoms with E-state index in [-0.39, 0.29) is 27.4 Å². The number of nitro groups is 1. The first-order chi connectivity index (χ1) is 13.8. The summed E-state index contributed by atoms with van der Waals surface area (Å²) in [6.45, 7) is 2.50. The molecule has 1 saturated heterocycles. The lowest BCUT2D eigenvalue weighted by Crippen LogP contribution is -2.37. The summed E-state index contributed by atoms with van der Waals surface area (Å²) in [6.07, 6.45) is 1.25. The van der Waals surface area contributed by atoms with Gasteiger partial charge >= 0.3 is 0 Å². The molecule has 1 aromatic heterocycles. The van der Waals surface area contributed by atoms with Crippen LogP contribution in [0.25, 0.3) is 0 Å². The van der Waals surface area contributed by atoms with Crippen LogP contribution >= 0.6 is 15.9 Å². The zero-order chi connectivity index (χ0) is 21.0. The second-order valence-electron chi connectivity index (χ2n) is 6.25. The molecule has 29 heavy (non-hydrogen) atoms. The van der Waals surface area contributed by atoms with E-state index in [0.717, 1.165) is 0 Å². The number of aromatic nitrogens is 3. The molecule has 154 valence electrons. The molecule has 1 aromatic carbocycles. The molecule has 2 aromatic rings. The van der Waals surface area contributed by atoms with Crippen LogP contribution in [0.4, 0.5) is 23.5 Å². The maximum Gasteiger partial charge on any atom is 0.271 e. The molecule has 13 heteroatoms. The molecule has 2 N–H and O–H groups in total. The fourth-order valence-corrected chi connectivity index (χ4v) is 2.94. The predicted octanol–water partition coefficient (Wildman–Crippen LogP) is 1.60. The van der Waals surface area contributed by atoms with Gasteiger partial charge in [-0.3, -0.25) is 10.1 Å². The van der Waals surface area contributed by atoms with Gasteiger partial charge in [0.1, 0.15) is 5.75 Å². The first-order valence-corrected chi connectivity index (χ1v) is 9.36. The van der Waals surface area contributed by atoms with Crippen LogP contribution in [-0.2, 0) is 4.74 Å². The van der Waals surface area contributed by atoms with E-state index >= 15 is 0 Å². The third kappa shape index (κ3) is 5.06. The number of non-ortho nitro benzene ring substituents is 1. The van der Waals surface area contributed by atoms with Gasteiger partial charge in [-0.25, -0.2) is 5.43 Å². The van der Waals surface area contributed by atoms with Crippen LogP contribution in [0.3, 0.4) is 0 Å². The van der Waals surface area contributed by atoms with E-state index in [2.05, 4.69) is 41.4 Å². The molecular formula is C16H19BrN8O4. The number of hydrogen-bond donors (Lipinski definition) is 2. The van der Waals surface area contributed by atoms with Crippen molar-refractivity contribution in [1.82, 2.24) is 15.0 Å². The Kier molecular flexibility index (Phi) is 6.39. The van der Waals surface area contributed by atoms with E-state index in [1.54, 1.807) is 4.90 Å². The molecule has 1 aliphatic heterocycles. The number of nitrogens with zero attached hydrogens (tertiary/aromatic N) is 7. The highest BCUT2D eigenvalue weighted by Crippen LogP contribution is 2.31. The fourth-order valence-electron chi connectivity index (χ4n) is 2.48. The van der Waals surface area contributed by atoms with Gasteiger partial charge in [-0.2, -0.15) is 20.1 Å². The summed E-state index contributed by atoms with van der Waals surface area (Å²) in [5.74, 6) is 0.969. The van der Waals surface area contributed by atoms with Crippen molar-refractivity contribution in [2.75, 3.05) is 55.6 Å². The van der Waals surface area contributed by atoms with Crippen LogP contribution in [-0.4, -0.2) is 71.6 Å². The van der Waals surface area contributed by atoms with Gasteiger partial charge in [-0.15, -0.1) is 0 Å². The van der Waals surface area contributed by atoms with Crippen molar-refractivity contribution in [3.8, 4) is 5.75 Å². The smallest absolute Gasteiger partial charge is 0.271 e. The fraction of sp³-hybridized carbons (Fsp3) is 0.375. The molecule has 0 spiro atoms. The van der Waals surface area contributed by atoms with Gasteiger partial charge in [-0.05, 0) is 15.9 Å². The van der Waals surface area contributed by atoms with E-state index in [0.29, 0.717) is 38.2 Å². The number of phenolic OH excluding ortho intramolecular Hbond substituents is 1. The lowest BCUT2D eigenvalue weighted by molar-refractivity contribution is -0.385. The highest BCUT2D eigenvalue weighted by molar-refractivity contribution is 9.10. The van der Waals surface area contributed by atoms with Crippen molar-refractivity contribution in [2.45, 2.75) is 0 Å². The number of anilines is 3. The highest BCUT2D eigenvalue weighted by atomic mass is 79.9. The molecule has 0 saturated carbocycles. The Hall–Kier alpha value is -3.06. The lowest BCUT2D eigenvalue weighted by Gasteiger charge is -2.27. The van der Waals surface area contributed by atoms with Crippen LogP contribution < -0.4 is 15.2 Å². The molecular weight excluding hydrogens is 448 g/mol. The Morgan fingerprint density at radius 1 is 1.34 bits per heavy atom. The highest BCUT2D eigenvalue weighted by Gasteiger charge is 2.17. The summed E-state index contributed by atoms with van der Waals surface area (Å²) in [5, 5.41) is 25.1. The SMILES string of the molecule is CN(C)c1nc(N/N=C\c2cc([N+](=O)[O-])cc(Br)c2O)nc(N2CCOCC2)n1. The molecule has 0 aliphatic carbocycles. The molecule has 12 nitrogen and oxygen atoms in total. The molecule has 3 rings (SSSR count). The first-order valence-electron chi connectivity index (χ1n) is 8.57. The van der Waals surface area contributed by atoms with Crippen molar-refractivity contribution >= 4 is 45.7 Å². The van der Waals surface area contributed by atoms with E-state index in [1.807, 2.05) is 19.0 Å². The zero-order valence-corrected chi connectivity index (χ0v) is 17.3. The van der Waals surface area contributed by atoms with Crippen LogP contribution in [0.5, 0.6) is 5.75 Å². The maximum atomic E-state index is 11.0. The third-order valence-corrected chi connectivity index (χ3v) is 4.57.